The predicted molar refractivity (Wildman–Crippen MR) is 102 cm³/mol. The van der Waals surface area contributed by atoms with Crippen LogP contribution in [-0.4, -0.2) is 57.3 Å². The summed E-state index contributed by atoms with van der Waals surface area (Å²) < 4.78 is 0. The Morgan fingerprint density at radius 1 is 0.960 bits per heavy atom. The van der Waals surface area contributed by atoms with Gasteiger partial charge in [0.15, 0.2) is 11.6 Å². The maximum atomic E-state index is 9.88. The first-order valence-corrected chi connectivity index (χ1v) is 8.45. The van der Waals surface area contributed by atoms with Gasteiger partial charge in [0.1, 0.15) is 11.0 Å². The van der Waals surface area contributed by atoms with Gasteiger partial charge in [-0.25, -0.2) is 9.97 Å². The van der Waals surface area contributed by atoms with Crippen molar-refractivity contribution >= 4 is 34.6 Å². The number of anilines is 4. The molecule has 0 saturated heterocycles. The minimum atomic E-state index is -0.871. The Kier molecular flexibility index (Phi) is 5.78. The van der Waals surface area contributed by atoms with Crippen LogP contribution in [0.2, 0.25) is 0 Å². The van der Waals surface area contributed by atoms with E-state index in [4.69, 9.17) is 0 Å². The van der Waals surface area contributed by atoms with Crippen LogP contribution in [0.25, 0.3) is 11.0 Å². The predicted octanol–water partition coefficient (Wildman–Crippen LogP) is 1.90. The van der Waals surface area contributed by atoms with Gasteiger partial charge in [-0.3, -0.25) is 0 Å². The topological polar surface area (TPSA) is 120 Å². The lowest BCUT2D eigenvalue weighted by Gasteiger charge is -2.19. The number of fused-ring (bicyclic) bond motifs is 1. The maximum absolute atomic E-state index is 9.88. The molecule has 5 N–H and O–H groups in total. The summed E-state index contributed by atoms with van der Waals surface area (Å²) in [6.45, 7) is 7.93. The van der Waals surface area contributed by atoms with Crippen LogP contribution >= 0.6 is 0 Å². The van der Waals surface area contributed by atoms with E-state index in [-0.39, 0.29) is 6.04 Å². The molecule has 138 valence electrons. The minimum Gasteiger partial charge on any atom is -0.389 e. The van der Waals surface area contributed by atoms with E-state index in [0.717, 1.165) is 6.42 Å². The Labute approximate surface area is 148 Å². The number of nitrogens with one attached hydrogen (secondary N) is 4. The van der Waals surface area contributed by atoms with Gasteiger partial charge in [0.05, 0.1) is 5.60 Å². The van der Waals surface area contributed by atoms with Gasteiger partial charge in [-0.1, -0.05) is 6.92 Å². The smallest absolute Gasteiger partial charge is 0.225 e. The summed E-state index contributed by atoms with van der Waals surface area (Å²) in [7, 11) is 3.57. The Balaban J connectivity index is 2.50. The lowest BCUT2D eigenvalue weighted by molar-refractivity contribution is 0.0943. The third kappa shape index (κ3) is 4.79. The Morgan fingerprint density at radius 3 is 1.96 bits per heavy atom. The molecule has 9 heteroatoms. The number of hydrogen-bond acceptors (Lipinski definition) is 9. The second-order valence-corrected chi connectivity index (χ2v) is 6.61. The second kappa shape index (κ2) is 7.64. The van der Waals surface area contributed by atoms with E-state index in [1.807, 2.05) is 0 Å². The molecule has 0 amide bonds. The second-order valence-electron chi connectivity index (χ2n) is 6.61. The number of nitrogens with zero attached hydrogens (tertiary/aromatic N) is 4. The molecular weight excluding hydrogens is 320 g/mol. The van der Waals surface area contributed by atoms with Crippen LogP contribution < -0.4 is 21.3 Å². The third-order valence-corrected chi connectivity index (χ3v) is 3.68. The molecule has 0 aromatic carbocycles. The van der Waals surface area contributed by atoms with E-state index in [2.05, 4.69) is 55.1 Å². The van der Waals surface area contributed by atoms with Crippen LogP contribution in [0.5, 0.6) is 0 Å². The van der Waals surface area contributed by atoms with Gasteiger partial charge in [-0.05, 0) is 27.2 Å². The van der Waals surface area contributed by atoms with Crippen molar-refractivity contribution < 1.29 is 5.11 Å². The first-order chi connectivity index (χ1) is 11.8. The molecule has 1 atom stereocenters. The lowest BCUT2D eigenvalue weighted by Crippen LogP contribution is -2.30. The van der Waals surface area contributed by atoms with Crippen LogP contribution in [-0.2, 0) is 0 Å². The van der Waals surface area contributed by atoms with Gasteiger partial charge in [0, 0.05) is 26.7 Å². The molecule has 2 heterocycles. The standard InChI is InChI=1S/C16H28N8O/c1-7-9(2)20-15-22-11-10(13(18-6)24-15)21-14(23-12(11)17-5)19-8-16(3,4)25/h9,25H,7-8H2,1-6H3,(H2,17,19,21,23)(H2,18,20,22,24)/t9-/m0/s1. The highest BCUT2D eigenvalue weighted by molar-refractivity contribution is 5.94. The number of aromatic nitrogens is 4. The van der Waals surface area contributed by atoms with Crippen LogP contribution in [0.4, 0.5) is 23.5 Å². The van der Waals surface area contributed by atoms with Crippen molar-refractivity contribution in [1.29, 1.82) is 0 Å². The van der Waals surface area contributed by atoms with Crippen molar-refractivity contribution in [3.8, 4) is 0 Å². The number of aliphatic hydroxyl groups is 1. The lowest BCUT2D eigenvalue weighted by atomic mass is 10.1. The first-order valence-electron chi connectivity index (χ1n) is 8.45. The molecule has 9 nitrogen and oxygen atoms in total. The number of hydrogen-bond donors (Lipinski definition) is 5. The molecule has 0 spiro atoms. The van der Waals surface area contributed by atoms with Crippen molar-refractivity contribution in [3.63, 3.8) is 0 Å². The summed E-state index contributed by atoms with van der Waals surface area (Å²) in [5.41, 5.74) is 0.362. The first kappa shape index (κ1) is 18.9. The van der Waals surface area contributed by atoms with Crippen molar-refractivity contribution in [3.05, 3.63) is 0 Å². The van der Waals surface area contributed by atoms with Crippen LogP contribution in [0.15, 0.2) is 0 Å². The fourth-order valence-electron chi connectivity index (χ4n) is 2.13. The molecule has 2 rings (SSSR count). The van der Waals surface area contributed by atoms with Gasteiger partial charge in [-0.15, -0.1) is 0 Å². The maximum Gasteiger partial charge on any atom is 0.225 e. The summed E-state index contributed by atoms with van der Waals surface area (Å²) in [5.74, 6) is 2.14. The molecule has 0 aliphatic carbocycles. The normalized spacial score (nSPS) is 12.8. The third-order valence-electron chi connectivity index (χ3n) is 3.68. The van der Waals surface area contributed by atoms with E-state index in [0.29, 0.717) is 41.1 Å². The average molecular weight is 348 g/mol. The highest BCUT2D eigenvalue weighted by Crippen LogP contribution is 2.26. The average Bonchev–Trinajstić information content (AvgIpc) is 2.57. The highest BCUT2D eigenvalue weighted by Gasteiger charge is 2.17. The molecule has 0 fully saturated rings. The molecule has 0 radical (unpaired) electrons. The summed E-state index contributed by atoms with van der Waals surface area (Å²) in [6, 6.07) is 0.258. The zero-order valence-corrected chi connectivity index (χ0v) is 15.7. The molecule has 0 unspecified atom stereocenters. The van der Waals surface area contributed by atoms with Crippen LogP contribution in [0, 0.1) is 0 Å². The van der Waals surface area contributed by atoms with E-state index >= 15 is 0 Å². The van der Waals surface area contributed by atoms with Gasteiger partial charge >= 0.3 is 0 Å². The van der Waals surface area contributed by atoms with Crippen molar-refractivity contribution in [1.82, 2.24) is 19.9 Å². The zero-order valence-electron chi connectivity index (χ0n) is 15.7. The van der Waals surface area contributed by atoms with Crippen molar-refractivity contribution in [2.45, 2.75) is 45.8 Å². The summed E-state index contributed by atoms with van der Waals surface area (Å²) >= 11 is 0. The Bertz CT molecular complexity index is 728. The van der Waals surface area contributed by atoms with E-state index in [9.17, 15) is 5.11 Å². The van der Waals surface area contributed by atoms with Gasteiger partial charge in [-0.2, -0.15) is 9.97 Å². The molecule has 0 saturated carbocycles. The molecule has 0 bridgehead atoms. The summed E-state index contributed by atoms with van der Waals surface area (Å²) in [5, 5.41) is 22.3. The highest BCUT2D eigenvalue weighted by atomic mass is 16.3. The van der Waals surface area contributed by atoms with Crippen molar-refractivity contribution in [2.75, 3.05) is 41.9 Å². The monoisotopic (exact) mass is 348 g/mol. The largest absolute Gasteiger partial charge is 0.389 e. The molecule has 0 aliphatic heterocycles. The van der Waals surface area contributed by atoms with Crippen molar-refractivity contribution in [2.24, 2.45) is 0 Å². The molecular formula is C16H28N8O. The molecule has 25 heavy (non-hydrogen) atoms. The molecule has 2 aromatic heterocycles. The SMILES string of the molecule is CC[C@H](C)Nc1nc(NC)c2nc(NCC(C)(C)O)nc(NC)c2n1. The quantitative estimate of drug-likeness (QED) is 0.487. The Morgan fingerprint density at radius 2 is 1.48 bits per heavy atom. The molecule has 2 aromatic rings. The fraction of sp³-hybridized carbons (Fsp3) is 0.625. The van der Waals surface area contributed by atoms with Crippen LogP contribution in [0.3, 0.4) is 0 Å². The Hall–Kier alpha value is -2.42. The van der Waals surface area contributed by atoms with Gasteiger partial charge in [0.25, 0.3) is 0 Å². The molecule has 0 aliphatic rings. The number of rotatable bonds is 8. The fourth-order valence-corrected chi connectivity index (χ4v) is 2.13. The van der Waals surface area contributed by atoms with Crippen LogP contribution in [0.1, 0.15) is 34.1 Å². The zero-order chi connectivity index (χ0) is 18.6. The van der Waals surface area contributed by atoms with Gasteiger partial charge < -0.3 is 26.4 Å². The summed E-state index contributed by atoms with van der Waals surface area (Å²) in [4.78, 5) is 18.0. The van der Waals surface area contributed by atoms with E-state index in [1.165, 1.54) is 0 Å². The van der Waals surface area contributed by atoms with E-state index in [1.54, 1.807) is 27.9 Å². The van der Waals surface area contributed by atoms with Gasteiger partial charge in [0.2, 0.25) is 11.9 Å². The van der Waals surface area contributed by atoms with E-state index < -0.39 is 5.60 Å². The minimum absolute atomic E-state index is 0.258. The summed E-state index contributed by atoms with van der Waals surface area (Å²) in [6.07, 6.45) is 0.964.